The first-order chi connectivity index (χ1) is 25.1. The van der Waals surface area contributed by atoms with Crippen LogP contribution in [-0.2, 0) is 33.0 Å². The second kappa shape index (κ2) is 20.9. The maximum atomic E-state index is 11.8. The molecule has 0 radical (unpaired) electrons. The summed E-state index contributed by atoms with van der Waals surface area (Å²) < 4.78 is 0. The Labute approximate surface area is 343 Å². The molecule has 0 aliphatic carbocycles. The van der Waals surface area contributed by atoms with E-state index in [0.717, 1.165) is 11.1 Å². The zero-order valence-corrected chi connectivity index (χ0v) is 32.2. The summed E-state index contributed by atoms with van der Waals surface area (Å²) in [7, 11) is 0. The Morgan fingerprint density at radius 1 is 0.389 bits per heavy atom. The van der Waals surface area contributed by atoms with Crippen molar-refractivity contribution in [2.75, 3.05) is 0 Å². The van der Waals surface area contributed by atoms with E-state index in [1.165, 1.54) is 49.1 Å². The van der Waals surface area contributed by atoms with E-state index in [1.807, 2.05) is 13.8 Å². The molecular formula is C42H30Cl2N4Ni2O4. The van der Waals surface area contributed by atoms with E-state index in [9.17, 15) is 20.4 Å². The Bertz CT molecular complexity index is 2010. The summed E-state index contributed by atoms with van der Waals surface area (Å²) in [5.41, 5.74) is 5.78. The van der Waals surface area contributed by atoms with Gasteiger partial charge in [0, 0.05) is 34.9 Å². The number of para-hydroxylation sites is 4. The Hall–Kier alpha value is -5.23. The van der Waals surface area contributed by atoms with Crippen LogP contribution in [0.2, 0.25) is 10.0 Å². The largest absolute Gasteiger partial charge is 2.00 e. The summed E-state index contributed by atoms with van der Waals surface area (Å²) in [5.74, 6) is -0.431. The first-order valence-electron chi connectivity index (χ1n) is 15.9. The molecule has 0 N–H and O–H groups in total. The van der Waals surface area contributed by atoms with Crippen molar-refractivity contribution >= 4 is 70.8 Å². The van der Waals surface area contributed by atoms with Gasteiger partial charge in [-0.1, -0.05) is 120 Å². The average molecular weight is 843 g/mol. The molecule has 12 heteroatoms. The van der Waals surface area contributed by atoms with Gasteiger partial charge in [-0.3, -0.25) is 20.0 Å². The van der Waals surface area contributed by atoms with Gasteiger partial charge in [-0.25, -0.2) is 0 Å². The van der Waals surface area contributed by atoms with E-state index >= 15 is 0 Å². The molecular weight excluding hydrogens is 813 g/mol. The Balaban J connectivity index is 0.000000280. The molecule has 0 saturated carbocycles. The fourth-order valence-electron chi connectivity index (χ4n) is 4.63. The van der Waals surface area contributed by atoms with E-state index in [-0.39, 0.29) is 56.0 Å². The molecule has 0 unspecified atom stereocenters. The van der Waals surface area contributed by atoms with Gasteiger partial charge in [-0.05, 0) is 71.5 Å². The number of rotatable bonds is 8. The number of benzene rings is 6. The fraction of sp³-hybridized carbons (Fsp3) is 0.0476. The van der Waals surface area contributed by atoms with Crippen LogP contribution in [0.15, 0.2) is 141 Å². The smallest absolute Gasteiger partial charge is 0.872 e. The maximum absolute atomic E-state index is 11.8. The first kappa shape index (κ1) is 43.2. The molecule has 0 atom stereocenters. The molecule has 0 saturated heterocycles. The van der Waals surface area contributed by atoms with Gasteiger partial charge in [0.1, 0.15) is 0 Å². The van der Waals surface area contributed by atoms with Gasteiger partial charge in [-0.15, -0.1) is 23.0 Å². The summed E-state index contributed by atoms with van der Waals surface area (Å²) in [5, 5.41) is 48.4. The van der Waals surface area contributed by atoms with Crippen molar-refractivity contribution in [3.8, 4) is 23.0 Å². The molecule has 0 aliphatic heterocycles. The maximum Gasteiger partial charge on any atom is 2.00 e. The third-order valence-electron chi connectivity index (χ3n) is 7.56. The van der Waals surface area contributed by atoms with Crippen molar-refractivity contribution in [2.45, 2.75) is 13.8 Å². The summed E-state index contributed by atoms with van der Waals surface area (Å²) in [6, 6.07) is 33.5. The number of aliphatic imine (C=N–C) groups is 4. The normalized spacial score (nSPS) is 11.0. The Kier molecular flexibility index (Phi) is 16.7. The van der Waals surface area contributed by atoms with Crippen LogP contribution >= 0.6 is 23.2 Å². The minimum Gasteiger partial charge on any atom is -0.872 e. The minimum atomic E-state index is -0.111. The van der Waals surface area contributed by atoms with Gasteiger partial charge >= 0.3 is 33.0 Å². The molecule has 0 amide bonds. The molecule has 6 aromatic rings. The Morgan fingerprint density at radius 3 is 0.852 bits per heavy atom. The second-order valence-electron chi connectivity index (χ2n) is 11.4. The van der Waals surface area contributed by atoms with Gasteiger partial charge in [-0.2, -0.15) is 0 Å². The SMILES string of the molecule is Cc1cc(N=Cc2ccccc2[O-])c(N=Cc2ccccc2[O-])cc1Cl.Cc1cc(N=Cc2ccccc2[O-])c(N=Cc2ccccc2[O-])cc1Cl.[Ni+2].[Ni+2]. The molecule has 6 rings (SSSR count). The van der Waals surface area contributed by atoms with Crippen LogP contribution in [0.3, 0.4) is 0 Å². The predicted octanol–water partition coefficient (Wildman–Crippen LogP) is 8.59. The van der Waals surface area contributed by atoms with Crippen LogP contribution in [-0.4, -0.2) is 24.9 Å². The van der Waals surface area contributed by atoms with Crippen LogP contribution in [0.1, 0.15) is 33.4 Å². The van der Waals surface area contributed by atoms with Gasteiger partial charge < -0.3 is 20.4 Å². The molecule has 0 aromatic heterocycles. The summed E-state index contributed by atoms with van der Waals surface area (Å²) in [6.45, 7) is 3.73. The monoisotopic (exact) mass is 840 g/mol. The van der Waals surface area contributed by atoms with Crippen molar-refractivity contribution in [3.05, 3.63) is 165 Å². The number of aryl methyl sites for hydroxylation is 2. The molecule has 54 heavy (non-hydrogen) atoms. The van der Waals surface area contributed by atoms with Crippen molar-refractivity contribution < 1.29 is 53.4 Å². The quantitative estimate of drug-likeness (QED) is 0.112. The van der Waals surface area contributed by atoms with Crippen LogP contribution in [0, 0.1) is 13.8 Å². The number of nitrogens with zero attached hydrogens (tertiary/aromatic N) is 4. The molecule has 0 heterocycles. The molecule has 0 aliphatic rings. The van der Waals surface area contributed by atoms with E-state index in [1.54, 1.807) is 97.1 Å². The average Bonchev–Trinajstić information content (AvgIpc) is 3.13. The summed E-state index contributed by atoms with van der Waals surface area (Å²) >= 11 is 12.4. The Morgan fingerprint density at radius 2 is 0.611 bits per heavy atom. The number of hydrogen-bond donors (Lipinski definition) is 0. The van der Waals surface area contributed by atoms with E-state index in [2.05, 4.69) is 20.0 Å². The fourth-order valence-corrected chi connectivity index (χ4v) is 4.95. The minimum absolute atomic E-state index is 0. The molecule has 0 fully saturated rings. The van der Waals surface area contributed by atoms with Crippen LogP contribution in [0.5, 0.6) is 23.0 Å². The molecule has 6 aromatic carbocycles. The van der Waals surface area contributed by atoms with Crippen molar-refractivity contribution in [3.63, 3.8) is 0 Å². The van der Waals surface area contributed by atoms with Gasteiger partial charge in [0.25, 0.3) is 0 Å². The van der Waals surface area contributed by atoms with Crippen molar-refractivity contribution in [1.82, 2.24) is 0 Å². The summed E-state index contributed by atoms with van der Waals surface area (Å²) in [4.78, 5) is 17.5. The van der Waals surface area contributed by atoms with Gasteiger partial charge in [0.05, 0.1) is 22.7 Å². The van der Waals surface area contributed by atoms with E-state index in [4.69, 9.17) is 23.2 Å². The van der Waals surface area contributed by atoms with Gasteiger partial charge in [0.15, 0.2) is 0 Å². The molecule has 276 valence electrons. The van der Waals surface area contributed by atoms with E-state index < -0.39 is 0 Å². The topological polar surface area (TPSA) is 142 Å². The second-order valence-corrected chi connectivity index (χ2v) is 12.2. The van der Waals surface area contributed by atoms with Crippen LogP contribution < -0.4 is 20.4 Å². The predicted molar refractivity (Wildman–Crippen MR) is 205 cm³/mol. The zero-order valence-electron chi connectivity index (χ0n) is 28.7. The van der Waals surface area contributed by atoms with Crippen LogP contribution in [0.4, 0.5) is 22.7 Å². The van der Waals surface area contributed by atoms with Crippen molar-refractivity contribution in [2.24, 2.45) is 20.0 Å². The van der Waals surface area contributed by atoms with E-state index in [0.29, 0.717) is 55.0 Å². The number of halogens is 2. The third-order valence-corrected chi connectivity index (χ3v) is 8.37. The zero-order chi connectivity index (χ0) is 37.0. The van der Waals surface area contributed by atoms with Crippen molar-refractivity contribution in [1.29, 1.82) is 0 Å². The third kappa shape index (κ3) is 11.9. The molecule has 8 nitrogen and oxygen atoms in total. The summed E-state index contributed by atoms with van der Waals surface area (Å²) in [6.07, 6.45) is 5.99. The standard InChI is InChI=1S/2C21H17ClN2O2.2Ni/c2*1-14-10-18(23-12-15-6-2-4-8-20(15)25)19(11-17(14)22)24-13-16-7-3-5-9-21(16)26;;/h2*2-13,25-26H,1H3;;/q;;2*+2/p-4. The number of hydrogen-bond acceptors (Lipinski definition) is 8. The molecule has 0 spiro atoms. The van der Waals surface area contributed by atoms with Crippen LogP contribution in [0.25, 0.3) is 0 Å². The van der Waals surface area contributed by atoms with Gasteiger partial charge in [0.2, 0.25) is 0 Å². The first-order valence-corrected chi connectivity index (χ1v) is 16.7. The molecule has 0 bridgehead atoms.